The molecule has 0 fully saturated rings. The zero-order valence-corrected chi connectivity index (χ0v) is 14.5. The summed E-state index contributed by atoms with van der Waals surface area (Å²) in [7, 11) is 0. The fourth-order valence-corrected chi connectivity index (χ4v) is 3.49. The number of aryl methyl sites for hydroxylation is 2. The zero-order chi connectivity index (χ0) is 17.1. The highest BCUT2D eigenvalue weighted by Crippen LogP contribution is 2.14. The van der Waals surface area contributed by atoms with Crippen molar-refractivity contribution in [1.82, 2.24) is 14.9 Å². The SMILES string of the molecule is Cc1cccc(CC(=O)NCCn2c(C)nc3sccc3c2=O)c1. The average Bonchev–Trinajstić information content (AvgIpc) is 2.99. The molecular formula is C18H19N3O2S. The van der Waals surface area contributed by atoms with E-state index in [1.54, 1.807) is 10.6 Å². The van der Waals surface area contributed by atoms with E-state index in [1.807, 2.05) is 43.5 Å². The predicted molar refractivity (Wildman–Crippen MR) is 96.5 cm³/mol. The Morgan fingerprint density at radius 3 is 2.92 bits per heavy atom. The van der Waals surface area contributed by atoms with Crippen LogP contribution < -0.4 is 10.9 Å². The van der Waals surface area contributed by atoms with Gasteiger partial charge in [-0.05, 0) is 30.9 Å². The Kier molecular flexibility index (Phi) is 4.76. The molecule has 0 aliphatic carbocycles. The van der Waals surface area contributed by atoms with Crippen LogP contribution in [0.2, 0.25) is 0 Å². The molecule has 3 rings (SSSR count). The van der Waals surface area contributed by atoms with Crippen LogP contribution in [0.4, 0.5) is 0 Å². The fourth-order valence-electron chi connectivity index (χ4n) is 2.69. The number of aromatic nitrogens is 2. The van der Waals surface area contributed by atoms with Gasteiger partial charge in [0.15, 0.2) is 0 Å². The molecule has 1 N–H and O–H groups in total. The maximum absolute atomic E-state index is 12.4. The highest BCUT2D eigenvalue weighted by Gasteiger charge is 2.09. The van der Waals surface area contributed by atoms with Crippen LogP contribution in [-0.4, -0.2) is 22.0 Å². The predicted octanol–water partition coefficient (Wildman–Crippen LogP) is 2.43. The van der Waals surface area contributed by atoms with Crippen LogP contribution in [0.5, 0.6) is 0 Å². The van der Waals surface area contributed by atoms with E-state index in [1.165, 1.54) is 11.3 Å². The maximum Gasteiger partial charge on any atom is 0.262 e. The van der Waals surface area contributed by atoms with Crippen molar-refractivity contribution in [3.63, 3.8) is 0 Å². The van der Waals surface area contributed by atoms with Gasteiger partial charge in [0.1, 0.15) is 10.7 Å². The van der Waals surface area contributed by atoms with Crippen LogP contribution in [0.3, 0.4) is 0 Å². The highest BCUT2D eigenvalue weighted by atomic mass is 32.1. The molecule has 1 amide bonds. The molecule has 0 saturated heterocycles. The molecule has 124 valence electrons. The minimum Gasteiger partial charge on any atom is -0.354 e. The number of hydrogen-bond acceptors (Lipinski definition) is 4. The summed E-state index contributed by atoms with van der Waals surface area (Å²) >= 11 is 1.46. The Balaban J connectivity index is 1.62. The second-order valence-corrected chi connectivity index (χ2v) is 6.67. The van der Waals surface area contributed by atoms with Crippen molar-refractivity contribution in [3.8, 4) is 0 Å². The van der Waals surface area contributed by atoms with Gasteiger partial charge in [0.25, 0.3) is 5.56 Å². The molecule has 6 heteroatoms. The third kappa shape index (κ3) is 3.54. The molecule has 0 aliphatic heterocycles. The van der Waals surface area contributed by atoms with E-state index in [2.05, 4.69) is 10.3 Å². The number of amides is 1. The molecule has 3 aromatic rings. The van der Waals surface area contributed by atoms with Gasteiger partial charge in [0.05, 0.1) is 11.8 Å². The first-order valence-corrected chi connectivity index (χ1v) is 8.69. The smallest absolute Gasteiger partial charge is 0.262 e. The molecule has 0 spiro atoms. The molecule has 2 aromatic heterocycles. The molecule has 0 bridgehead atoms. The van der Waals surface area contributed by atoms with Gasteiger partial charge in [-0.3, -0.25) is 14.2 Å². The molecule has 5 nitrogen and oxygen atoms in total. The Hall–Kier alpha value is -2.47. The van der Waals surface area contributed by atoms with E-state index in [0.29, 0.717) is 30.7 Å². The zero-order valence-electron chi connectivity index (χ0n) is 13.7. The molecule has 0 saturated carbocycles. The molecule has 1 aromatic carbocycles. The van der Waals surface area contributed by atoms with E-state index < -0.39 is 0 Å². The molecule has 0 radical (unpaired) electrons. The summed E-state index contributed by atoms with van der Waals surface area (Å²) in [6.45, 7) is 4.64. The molecule has 0 unspecified atom stereocenters. The fraction of sp³-hybridized carbons (Fsp3) is 0.278. The normalized spacial score (nSPS) is 10.9. The van der Waals surface area contributed by atoms with Crippen LogP contribution in [0.15, 0.2) is 40.5 Å². The van der Waals surface area contributed by atoms with Crippen molar-refractivity contribution in [2.24, 2.45) is 0 Å². The third-order valence-corrected chi connectivity index (χ3v) is 4.69. The Labute approximate surface area is 144 Å². The van der Waals surface area contributed by atoms with Gasteiger partial charge in [-0.2, -0.15) is 0 Å². The minimum absolute atomic E-state index is 0.0455. The number of rotatable bonds is 5. The largest absolute Gasteiger partial charge is 0.354 e. The highest BCUT2D eigenvalue weighted by molar-refractivity contribution is 7.16. The third-order valence-electron chi connectivity index (χ3n) is 3.88. The molecule has 0 atom stereocenters. The number of carbonyl (C=O) groups excluding carboxylic acids is 1. The number of hydrogen-bond donors (Lipinski definition) is 1. The molecule has 24 heavy (non-hydrogen) atoms. The molecule has 0 aliphatic rings. The van der Waals surface area contributed by atoms with Crippen molar-refractivity contribution in [2.45, 2.75) is 26.8 Å². The van der Waals surface area contributed by atoms with Crippen molar-refractivity contribution >= 4 is 27.5 Å². The van der Waals surface area contributed by atoms with E-state index in [0.717, 1.165) is 16.0 Å². The van der Waals surface area contributed by atoms with E-state index in [9.17, 15) is 9.59 Å². The minimum atomic E-state index is -0.0494. The molecular weight excluding hydrogens is 322 g/mol. The second kappa shape index (κ2) is 6.97. The van der Waals surface area contributed by atoms with Crippen LogP contribution >= 0.6 is 11.3 Å². The summed E-state index contributed by atoms with van der Waals surface area (Å²) in [5.41, 5.74) is 2.08. The van der Waals surface area contributed by atoms with Crippen molar-refractivity contribution in [1.29, 1.82) is 0 Å². The number of thiophene rings is 1. The van der Waals surface area contributed by atoms with Gasteiger partial charge < -0.3 is 5.32 Å². The van der Waals surface area contributed by atoms with Crippen molar-refractivity contribution < 1.29 is 4.79 Å². The van der Waals surface area contributed by atoms with Crippen molar-refractivity contribution in [3.05, 3.63) is 63.0 Å². The quantitative estimate of drug-likeness (QED) is 0.775. The van der Waals surface area contributed by atoms with E-state index >= 15 is 0 Å². The first-order valence-electron chi connectivity index (χ1n) is 7.81. The van der Waals surface area contributed by atoms with Crippen LogP contribution in [0.25, 0.3) is 10.2 Å². The van der Waals surface area contributed by atoms with Gasteiger partial charge in [0, 0.05) is 13.1 Å². The topological polar surface area (TPSA) is 64.0 Å². The van der Waals surface area contributed by atoms with Gasteiger partial charge in [-0.1, -0.05) is 29.8 Å². The van der Waals surface area contributed by atoms with Crippen molar-refractivity contribution in [2.75, 3.05) is 6.54 Å². The lowest BCUT2D eigenvalue weighted by molar-refractivity contribution is -0.120. The number of nitrogens with one attached hydrogen (secondary N) is 1. The summed E-state index contributed by atoms with van der Waals surface area (Å²) in [5.74, 6) is 0.624. The summed E-state index contributed by atoms with van der Waals surface area (Å²) in [4.78, 5) is 29.7. The lowest BCUT2D eigenvalue weighted by Crippen LogP contribution is -2.33. The summed E-state index contributed by atoms with van der Waals surface area (Å²) in [5, 5.41) is 5.37. The first kappa shape index (κ1) is 16.4. The monoisotopic (exact) mass is 341 g/mol. The maximum atomic E-state index is 12.4. The van der Waals surface area contributed by atoms with Crippen LogP contribution in [-0.2, 0) is 17.8 Å². The lowest BCUT2D eigenvalue weighted by Gasteiger charge is -2.10. The first-order chi connectivity index (χ1) is 11.5. The standard InChI is InChI=1S/C18H19N3O2S/c1-12-4-3-5-14(10-12)11-16(22)19-7-8-21-13(2)20-17-15(18(21)23)6-9-24-17/h3-6,9-10H,7-8,11H2,1-2H3,(H,19,22). The molecule has 2 heterocycles. The second-order valence-electron chi connectivity index (χ2n) is 5.77. The summed E-state index contributed by atoms with van der Waals surface area (Å²) in [6.07, 6.45) is 0.345. The number of benzene rings is 1. The van der Waals surface area contributed by atoms with Crippen LogP contribution in [0, 0.1) is 13.8 Å². The van der Waals surface area contributed by atoms with Gasteiger partial charge >= 0.3 is 0 Å². The van der Waals surface area contributed by atoms with Crippen LogP contribution in [0.1, 0.15) is 17.0 Å². The van der Waals surface area contributed by atoms with Gasteiger partial charge in [-0.15, -0.1) is 11.3 Å². The van der Waals surface area contributed by atoms with Gasteiger partial charge in [0.2, 0.25) is 5.91 Å². The number of nitrogens with zero attached hydrogens (tertiary/aromatic N) is 2. The Morgan fingerprint density at radius 2 is 2.12 bits per heavy atom. The number of fused-ring (bicyclic) bond motifs is 1. The lowest BCUT2D eigenvalue weighted by atomic mass is 10.1. The van der Waals surface area contributed by atoms with Gasteiger partial charge in [-0.25, -0.2) is 4.98 Å². The Morgan fingerprint density at radius 1 is 1.29 bits per heavy atom. The average molecular weight is 341 g/mol. The Bertz CT molecular complexity index is 943. The summed E-state index contributed by atoms with van der Waals surface area (Å²) < 4.78 is 1.61. The summed E-state index contributed by atoms with van der Waals surface area (Å²) in [6, 6.07) is 9.69. The van der Waals surface area contributed by atoms with E-state index in [-0.39, 0.29) is 11.5 Å². The van der Waals surface area contributed by atoms with E-state index in [4.69, 9.17) is 0 Å². The number of carbonyl (C=O) groups is 1.